The number of allylic oxidation sites excluding steroid dienone is 2. The number of alkyl halides is 3. The van der Waals surface area contributed by atoms with Gasteiger partial charge in [0.2, 0.25) is 11.8 Å². The first-order chi connectivity index (χ1) is 14.7. The van der Waals surface area contributed by atoms with E-state index in [1.807, 2.05) is 19.1 Å². The smallest absolute Gasteiger partial charge is 0.321 e. The molecule has 0 saturated carbocycles. The van der Waals surface area contributed by atoms with Crippen LogP contribution in [-0.2, 0) is 15.8 Å². The number of para-hydroxylation sites is 2. The van der Waals surface area contributed by atoms with E-state index in [-0.39, 0.29) is 17.2 Å². The van der Waals surface area contributed by atoms with Crippen molar-refractivity contribution in [3.05, 3.63) is 71.8 Å². The molecule has 0 unspecified atom stereocenters. The number of fused-ring (bicyclic) bond motifs is 1. The zero-order chi connectivity index (χ0) is 22.3. The normalized spacial score (nSPS) is 23.1. The summed E-state index contributed by atoms with van der Waals surface area (Å²) in [4.78, 5) is 40.0. The van der Waals surface area contributed by atoms with Gasteiger partial charge in [-0.15, -0.1) is 0 Å². The minimum Gasteiger partial charge on any atom is -0.321 e. The van der Waals surface area contributed by atoms with E-state index in [1.54, 1.807) is 6.07 Å². The first-order valence-corrected chi connectivity index (χ1v) is 9.81. The van der Waals surface area contributed by atoms with Gasteiger partial charge in [0.25, 0.3) is 5.91 Å². The average Bonchev–Trinajstić information content (AvgIpc) is 2.99. The van der Waals surface area contributed by atoms with E-state index in [9.17, 15) is 27.6 Å². The molecular weight excluding hydrogens is 409 g/mol. The summed E-state index contributed by atoms with van der Waals surface area (Å²) in [5.41, 5.74) is -1.37. The predicted molar refractivity (Wildman–Crippen MR) is 108 cm³/mol. The topological polar surface area (TPSA) is 66.5 Å². The van der Waals surface area contributed by atoms with Crippen LogP contribution in [0.25, 0.3) is 0 Å². The molecule has 1 aliphatic carbocycles. The molecular formula is C23H19F3N2O3. The Balaban J connectivity index is 1.69. The highest BCUT2D eigenvalue weighted by Crippen LogP contribution is 2.41. The van der Waals surface area contributed by atoms with Gasteiger partial charge in [0.1, 0.15) is 0 Å². The van der Waals surface area contributed by atoms with Crippen LogP contribution < -0.4 is 10.2 Å². The Morgan fingerprint density at radius 2 is 1.71 bits per heavy atom. The third-order valence-electron chi connectivity index (χ3n) is 5.74. The van der Waals surface area contributed by atoms with Crippen molar-refractivity contribution in [3.8, 4) is 0 Å². The maximum absolute atomic E-state index is 13.3. The molecule has 8 heteroatoms. The molecule has 1 saturated heterocycles. The summed E-state index contributed by atoms with van der Waals surface area (Å²) >= 11 is 0. The van der Waals surface area contributed by atoms with Crippen molar-refractivity contribution in [1.29, 1.82) is 0 Å². The van der Waals surface area contributed by atoms with E-state index in [2.05, 4.69) is 5.32 Å². The number of carbonyl (C=O) groups excluding carboxylic acids is 3. The van der Waals surface area contributed by atoms with Crippen LogP contribution in [0.1, 0.15) is 29.3 Å². The van der Waals surface area contributed by atoms with Gasteiger partial charge in [-0.3, -0.25) is 14.4 Å². The zero-order valence-electron chi connectivity index (χ0n) is 16.5. The van der Waals surface area contributed by atoms with Crippen molar-refractivity contribution in [3.63, 3.8) is 0 Å². The minimum absolute atomic E-state index is 0.0552. The maximum Gasteiger partial charge on any atom is 0.418 e. The molecule has 2 aliphatic rings. The highest BCUT2D eigenvalue weighted by molar-refractivity contribution is 6.25. The number of nitrogens with one attached hydrogen (secondary N) is 1. The molecule has 4 rings (SSSR count). The standard InChI is InChI=1S/C23H19F3N2O3/c1-13-7-6-9-15-19(13)22(31)28(21(15)30)18-12-5-2-8-14(18)20(29)27-17-11-4-3-10-16(17)23(24,25)26/h2-8,10-13,15,19H,9H2,1H3,(H,27,29)/t13-,15+,19+/m1/s1. The van der Waals surface area contributed by atoms with Crippen LogP contribution in [0, 0.1) is 17.8 Å². The molecule has 2 aromatic carbocycles. The van der Waals surface area contributed by atoms with Gasteiger partial charge in [-0.1, -0.05) is 43.3 Å². The number of imide groups is 1. The number of carbonyl (C=O) groups is 3. The summed E-state index contributed by atoms with van der Waals surface area (Å²) in [6.07, 6.45) is -0.456. The van der Waals surface area contributed by atoms with Gasteiger partial charge in [-0.25, -0.2) is 4.90 Å². The number of rotatable bonds is 3. The van der Waals surface area contributed by atoms with Crippen LogP contribution in [0.3, 0.4) is 0 Å². The van der Waals surface area contributed by atoms with Crippen molar-refractivity contribution in [2.24, 2.45) is 17.8 Å². The van der Waals surface area contributed by atoms with Gasteiger partial charge in [0.15, 0.2) is 0 Å². The van der Waals surface area contributed by atoms with Crippen molar-refractivity contribution in [2.75, 3.05) is 10.2 Å². The summed E-state index contributed by atoms with van der Waals surface area (Å²) in [7, 11) is 0. The lowest BCUT2D eigenvalue weighted by molar-refractivity contribution is -0.137. The van der Waals surface area contributed by atoms with Crippen LogP contribution in [-0.4, -0.2) is 17.7 Å². The molecule has 3 atom stereocenters. The molecule has 160 valence electrons. The molecule has 0 spiro atoms. The maximum atomic E-state index is 13.3. The minimum atomic E-state index is -4.65. The lowest BCUT2D eigenvalue weighted by Crippen LogP contribution is -2.33. The lowest BCUT2D eigenvalue weighted by atomic mass is 9.78. The molecule has 1 heterocycles. The Labute approximate surface area is 176 Å². The molecule has 0 radical (unpaired) electrons. The van der Waals surface area contributed by atoms with Crippen molar-refractivity contribution in [2.45, 2.75) is 19.5 Å². The van der Waals surface area contributed by atoms with E-state index in [0.717, 1.165) is 17.0 Å². The number of hydrogen-bond donors (Lipinski definition) is 1. The Morgan fingerprint density at radius 3 is 2.42 bits per heavy atom. The van der Waals surface area contributed by atoms with Gasteiger partial charge >= 0.3 is 6.18 Å². The molecule has 1 fully saturated rings. The summed E-state index contributed by atoms with van der Waals surface area (Å²) in [6, 6.07) is 10.6. The van der Waals surface area contributed by atoms with E-state index in [0.29, 0.717) is 6.42 Å². The van der Waals surface area contributed by atoms with Crippen molar-refractivity contribution >= 4 is 29.1 Å². The molecule has 1 aliphatic heterocycles. The van der Waals surface area contributed by atoms with Crippen LogP contribution >= 0.6 is 0 Å². The Hall–Kier alpha value is -3.42. The quantitative estimate of drug-likeness (QED) is 0.571. The van der Waals surface area contributed by atoms with Gasteiger partial charge in [0, 0.05) is 0 Å². The molecule has 0 aromatic heterocycles. The van der Waals surface area contributed by atoms with E-state index < -0.39 is 47.0 Å². The Bertz CT molecular complexity index is 1090. The number of amides is 3. The lowest BCUT2D eigenvalue weighted by Gasteiger charge is -2.22. The molecule has 5 nitrogen and oxygen atoms in total. The second-order valence-corrected chi connectivity index (χ2v) is 7.68. The molecule has 3 amide bonds. The van der Waals surface area contributed by atoms with Crippen LogP contribution in [0.5, 0.6) is 0 Å². The predicted octanol–water partition coefficient (Wildman–Crippen LogP) is 4.66. The zero-order valence-corrected chi connectivity index (χ0v) is 16.5. The largest absolute Gasteiger partial charge is 0.418 e. The van der Waals surface area contributed by atoms with E-state index in [4.69, 9.17) is 0 Å². The van der Waals surface area contributed by atoms with E-state index >= 15 is 0 Å². The average molecular weight is 428 g/mol. The fraction of sp³-hybridized carbons (Fsp3) is 0.261. The third-order valence-corrected chi connectivity index (χ3v) is 5.74. The SMILES string of the molecule is C[C@@H]1C=CC[C@@H]2C(=O)N(c3ccccc3C(=O)Nc3ccccc3C(F)(F)F)C(=O)[C@@H]12. The van der Waals surface area contributed by atoms with Gasteiger partial charge in [-0.2, -0.15) is 13.2 Å². The van der Waals surface area contributed by atoms with Crippen molar-refractivity contribution < 1.29 is 27.6 Å². The highest BCUT2D eigenvalue weighted by Gasteiger charge is 2.51. The number of benzene rings is 2. The Morgan fingerprint density at radius 1 is 1.03 bits per heavy atom. The van der Waals surface area contributed by atoms with Gasteiger partial charge in [-0.05, 0) is 36.6 Å². The van der Waals surface area contributed by atoms with Gasteiger partial charge in [0.05, 0.1) is 34.3 Å². The van der Waals surface area contributed by atoms with Crippen molar-refractivity contribution in [1.82, 2.24) is 0 Å². The Kier molecular flexibility index (Phi) is 5.16. The number of anilines is 2. The second-order valence-electron chi connectivity index (χ2n) is 7.68. The number of halogens is 3. The molecule has 31 heavy (non-hydrogen) atoms. The molecule has 1 N–H and O–H groups in total. The molecule has 2 aromatic rings. The second kappa shape index (κ2) is 7.68. The number of hydrogen-bond acceptors (Lipinski definition) is 3. The molecule has 0 bridgehead atoms. The van der Waals surface area contributed by atoms with Gasteiger partial charge < -0.3 is 5.32 Å². The summed E-state index contributed by atoms with van der Waals surface area (Å²) in [5, 5.41) is 2.28. The fourth-order valence-electron chi connectivity index (χ4n) is 4.27. The first kappa shape index (κ1) is 20.8. The number of nitrogens with zero attached hydrogens (tertiary/aromatic N) is 1. The monoisotopic (exact) mass is 428 g/mol. The fourth-order valence-corrected chi connectivity index (χ4v) is 4.27. The summed E-state index contributed by atoms with van der Waals surface area (Å²) < 4.78 is 39.8. The summed E-state index contributed by atoms with van der Waals surface area (Å²) in [6.45, 7) is 1.86. The van der Waals surface area contributed by atoms with Crippen LogP contribution in [0.2, 0.25) is 0 Å². The third kappa shape index (κ3) is 3.62. The van der Waals surface area contributed by atoms with Crippen LogP contribution in [0.4, 0.5) is 24.5 Å². The first-order valence-electron chi connectivity index (χ1n) is 9.81. The highest BCUT2D eigenvalue weighted by atomic mass is 19.4. The van der Waals surface area contributed by atoms with E-state index in [1.165, 1.54) is 30.3 Å². The van der Waals surface area contributed by atoms with Crippen LogP contribution in [0.15, 0.2) is 60.7 Å². The summed E-state index contributed by atoms with van der Waals surface area (Å²) in [5.74, 6) is -2.78.